The number of phenolic OH excluding ortho intramolecular Hbond substituents is 1. The van der Waals surface area contributed by atoms with Gasteiger partial charge in [-0.15, -0.1) is 0 Å². The van der Waals surface area contributed by atoms with Gasteiger partial charge in [0, 0.05) is 11.1 Å². The van der Waals surface area contributed by atoms with E-state index in [0.29, 0.717) is 5.76 Å². The Morgan fingerprint density at radius 3 is 2.81 bits per heavy atom. The Labute approximate surface area is 124 Å². The molecule has 0 unspecified atom stereocenters. The van der Waals surface area contributed by atoms with Crippen molar-refractivity contribution >= 4 is 29.3 Å². The summed E-state index contributed by atoms with van der Waals surface area (Å²) in [6, 6.07) is 5.45. The summed E-state index contributed by atoms with van der Waals surface area (Å²) in [4.78, 5) is 23.2. The molecule has 0 radical (unpaired) electrons. The minimum absolute atomic E-state index is 0.0792. The first-order chi connectivity index (χ1) is 9.95. The van der Waals surface area contributed by atoms with Gasteiger partial charge in [-0.1, -0.05) is 16.8 Å². The van der Waals surface area contributed by atoms with Gasteiger partial charge >= 0.3 is 5.97 Å². The largest absolute Gasteiger partial charge is 0.507 e. The first-order valence-corrected chi connectivity index (χ1v) is 6.22. The van der Waals surface area contributed by atoms with Gasteiger partial charge in [0.2, 0.25) is 0 Å². The Bertz CT molecular complexity index is 683. The maximum absolute atomic E-state index is 11.7. The lowest BCUT2D eigenvalue weighted by atomic mass is 10.2. The highest BCUT2D eigenvalue weighted by atomic mass is 35.5. The van der Waals surface area contributed by atoms with Crippen molar-refractivity contribution in [3.05, 3.63) is 40.6 Å². The van der Waals surface area contributed by atoms with E-state index in [1.165, 1.54) is 24.3 Å². The van der Waals surface area contributed by atoms with E-state index in [0.717, 1.165) is 0 Å². The normalized spacial score (nSPS) is 10.2. The van der Waals surface area contributed by atoms with Crippen molar-refractivity contribution in [3.8, 4) is 5.75 Å². The van der Waals surface area contributed by atoms with Crippen molar-refractivity contribution in [2.24, 2.45) is 0 Å². The van der Waals surface area contributed by atoms with Gasteiger partial charge in [-0.3, -0.25) is 4.79 Å². The van der Waals surface area contributed by atoms with E-state index in [4.69, 9.17) is 20.9 Å². The van der Waals surface area contributed by atoms with Gasteiger partial charge in [-0.25, -0.2) is 4.79 Å². The highest BCUT2D eigenvalue weighted by Gasteiger charge is 2.15. The molecular weight excluding hydrogens is 300 g/mol. The number of benzene rings is 1. The molecule has 1 amide bonds. The number of anilines is 1. The number of rotatable bonds is 4. The van der Waals surface area contributed by atoms with Gasteiger partial charge in [0.05, 0.1) is 0 Å². The lowest BCUT2D eigenvalue weighted by Gasteiger charge is -2.06. The van der Waals surface area contributed by atoms with E-state index >= 15 is 0 Å². The van der Waals surface area contributed by atoms with Crippen LogP contribution in [0.1, 0.15) is 16.1 Å². The number of carbonyl (C=O) groups excluding carboxylic acids is 2. The third-order valence-electron chi connectivity index (χ3n) is 2.41. The summed E-state index contributed by atoms with van der Waals surface area (Å²) < 4.78 is 9.55. The Kier molecular flexibility index (Phi) is 4.44. The summed E-state index contributed by atoms with van der Waals surface area (Å²) in [6.45, 7) is 1.15. The smallest absolute Gasteiger partial charge is 0.342 e. The number of aryl methyl sites for hydroxylation is 1. The summed E-state index contributed by atoms with van der Waals surface area (Å²) in [5, 5.41) is 15.8. The van der Waals surface area contributed by atoms with Crippen LogP contribution in [0.5, 0.6) is 5.75 Å². The molecule has 2 rings (SSSR count). The Balaban J connectivity index is 1.90. The lowest BCUT2D eigenvalue weighted by molar-refractivity contribution is -0.119. The highest BCUT2D eigenvalue weighted by Crippen LogP contribution is 2.22. The van der Waals surface area contributed by atoms with Crippen molar-refractivity contribution in [1.82, 2.24) is 5.16 Å². The molecule has 1 aromatic carbocycles. The average Bonchev–Trinajstić information content (AvgIpc) is 2.81. The number of hydrogen-bond donors (Lipinski definition) is 2. The van der Waals surface area contributed by atoms with Gasteiger partial charge in [-0.05, 0) is 25.1 Å². The van der Waals surface area contributed by atoms with Crippen LogP contribution >= 0.6 is 11.6 Å². The monoisotopic (exact) mass is 310 g/mol. The number of amides is 1. The minimum Gasteiger partial charge on any atom is -0.507 e. The van der Waals surface area contributed by atoms with Crippen molar-refractivity contribution in [1.29, 1.82) is 0 Å². The fourth-order valence-corrected chi connectivity index (χ4v) is 1.66. The zero-order valence-electron chi connectivity index (χ0n) is 10.9. The molecule has 21 heavy (non-hydrogen) atoms. The molecule has 0 bridgehead atoms. The number of hydrogen-bond acceptors (Lipinski definition) is 6. The Morgan fingerprint density at radius 1 is 1.43 bits per heavy atom. The molecule has 0 aliphatic heterocycles. The molecule has 0 atom stereocenters. The number of esters is 1. The minimum atomic E-state index is -0.837. The van der Waals surface area contributed by atoms with Crippen molar-refractivity contribution in [2.45, 2.75) is 6.92 Å². The summed E-state index contributed by atoms with van der Waals surface area (Å²) in [5.41, 5.74) is -0.0792. The van der Waals surface area contributed by atoms with Gasteiger partial charge < -0.3 is 19.7 Å². The van der Waals surface area contributed by atoms with Crippen molar-refractivity contribution < 1.29 is 24.0 Å². The molecule has 0 spiro atoms. The van der Waals surface area contributed by atoms with Crippen molar-refractivity contribution in [3.63, 3.8) is 0 Å². The first-order valence-electron chi connectivity index (χ1n) is 5.84. The predicted molar refractivity (Wildman–Crippen MR) is 73.3 cm³/mol. The van der Waals surface area contributed by atoms with E-state index in [2.05, 4.69) is 10.5 Å². The average molecular weight is 311 g/mol. The van der Waals surface area contributed by atoms with Gasteiger partial charge in [-0.2, -0.15) is 0 Å². The lowest BCUT2D eigenvalue weighted by Crippen LogP contribution is -2.21. The van der Waals surface area contributed by atoms with E-state index in [9.17, 15) is 14.7 Å². The van der Waals surface area contributed by atoms with E-state index in [1.807, 2.05) is 0 Å². The quantitative estimate of drug-likeness (QED) is 0.839. The van der Waals surface area contributed by atoms with Crippen LogP contribution in [0.25, 0.3) is 0 Å². The van der Waals surface area contributed by atoms with E-state index in [1.54, 1.807) is 6.92 Å². The number of aromatic hydroxyl groups is 1. The summed E-state index contributed by atoms with van der Waals surface area (Å²) in [6.07, 6.45) is 0. The fraction of sp³-hybridized carbons (Fsp3) is 0.154. The third-order valence-corrected chi connectivity index (χ3v) is 2.64. The molecule has 0 aliphatic rings. The second kappa shape index (κ2) is 6.27. The van der Waals surface area contributed by atoms with Gasteiger partial charge in [0.25, 0.3) is 5.91 Å². The van der Waals surface area contributed by atoms with Crippen LogP contribution in [-0.2, 0) is 9.53 Å². The fourth-order valence-electron chi connectivity index (χ4n) is 1.49. The number of ether oxygens (including phenoxy) is 1. The number of carbonyl (C=O) groups is 2. The van der Waals surface area contributed by atoms with Gasteiger partial charge in [0.1, 0.15) is 17.1 Å². The standard InChI is InChI=1S/C13H11ClN2O5/c1-7-4-11(16-21-7)15-12(18)6-20-13(19)9-3-2-8(14)5-10(9)17/h2-5,17H,6H2,1H3,(H,15,16,18). The molecule has 2 aromatic rings. The predicted octanol–water partition coefficient (Wildman–Crippen LogP) is 2.14. The van der Waals surface area contributed by atoms with Crippen LogP contribution in [0.4, 0.5) is 5.82 Å². The van der Waals surface area contributed by atoms with Crippen LogP contribution in [0.15, 0.2) is 28.8 Å². The zero-order chi connectivity index (χ0) is 15.4. The van der Waals surface area contributed by atoms with Gasteiger partial charge in [0.15, 0.2) is 12.4 Å². The topological polar surface area (TPSA) is 102 Å². The van der Waals surface area contributed by atoms with Crippen LogP contribution in [0.3, 0.4) is 0 Å². The number of phenols is 1. The zero-order valence-corrected chi connectivity index (χ0v) is 11.7. The number of aromatic nitrogens is 1. The third kappa shape index (κ3) is 3.96. The Morgan fingerprint density at radius 2 is 2.19 bits per heavy atom. The molecule has 8 heteroatoms. The molecule has 1 aromatic heterocycles. The summed E-state index contributed by atoms with van der Waals surface area (Å²) in [7, 11) is 0. The number of nitrogens with zero attached hydrogens (tertiary/aromatic N) is 1. The second-order valence-corrected chi connectivity index (χ2v) is 4.55. The Hall–Kier alpha value is -2.54. The summed E-state index contributed by atoms with van der Waals surface area (Å²) in [5.74, 6) is -0.975. The van der Waals surface area contributed by atoms with Crippen LogP contribution < -0.4 is 5.32 Å². The molecule has 0 saturated heterocycles. The van der Waals surface area contributed by atoms with E-state index < -0.39 is 18.5 Å². The summed E-state index contributed by atoms with van der Waals surface area (Å²) >= 11 is 5.65. The molecular formula is C13H11ClN2O5. The first kappa shape index (κ1) is 14.9. The van der Waals surface area contributed by atoms with Crippen molar-refractivity contribution in [2.75, 3.05) is 11.9 Å². The number of nitrogens with one attached hydrogen (secondary N) is 1. The maximum Gasteiger partial charge on any atom is 0.342 e. The molecule has 0 fully saturated rings. The SMILES string of the molecule is Cc1cc(NC(=O)COC(=O)c2ccc(Cl)cc2O)no1. The van der Waals surface area contributed by atoms with Crippen LogP contribution in [0.2, 0.25) is 5.02 Å². The molecule has 0 aliphatic carbocycles. The molecule has 7 nitrogen and oxygen atoms in total. The van der Waals surface area contributed by atoms with E-state index in [-0.39, 0.29) is 22.2 Å². The maximum atomic E-state index is 11.7. The highest BCUT2D eigenvalue weighted by molar-refractivity contribution is 6.30. The van der Waals surface area contributed by atoms with Crippen LogP contribution in [-0.4, -0.2) is 28.7 Å². The second-order valence-electron chi connectivity index (χ2n) is 4.11. The molecule has 0 saturated carbocycles. The van der Waals surface area contributed by atoms with Crippen LogP contribution in [0, 0.1) is 6.92 Å². The molecule has 110 valence electrons. The molecule has 1 heterocycles. The molecule has 2 N–H and O–H groups in total. The number of halogens is 1.